The molecule has 0 aliphatic heterocycles. The number of phosphoric acid groups is 1. The molecule has 5 heteroatoms. The van der Waals surface area contributed by atoms with Crippen molar-refractivity contribution in [2.45, 2.75) is 85.7 Å². The predicted octanol–water partition coefficient (Wildman–Crippen LogP) is 4.90. The second-order valence-corrected chi connectivity index (χ2v) is 9.78. The van der Waals surface area contributed by atoms with Gasteiger partial charge in [-0.05, 0) is 55.3 Å². The van der Waals surface area contributed by atoms with Gasteiger partial charge in [-0.25, -0.2) is 4.57 Å². The van der Waals surface area contributed by atoms with Crippen LogP contribution >= 0.6 is 7.82 Å². The maximum Gasteiger partial charge on any atom is 0.469 e. The molecule has 1 saturated carbocycles. The molecule has 1 rings (SSSR count). The molecule has 1 atom stereocenters. The van der Waals surface area contributed by atoms with Crippen LogP contribution in [0.1, 0.15) is 79.6 Å². The van der Waals surface area contributed by atoms with E-state index in [-0.39, 0.29) is 17.4 Å². The van der Waals surface area contributed by atoms with E-state index in [9.17, 15) is 4.57 Å². The summed E-state index contributed by atoms with van der Waals surface area (Å²) in [6.07, 6.45) is 6.67. The molecule has 0 aromatic rings. The molecule has 1 unspecified atom stereocenters. The summed E-state index contributed by atoms with van der Waals surface area (Å²) >= 11 is 0. The van der Waals surface area contributed by atoms with E-state index in [2.05, 4.69) is 34.6 Å². The molecule has 0 amide bonds. The molecular weight excluding hydrogens is 287 g/mol. The van der Waals surface area contributed by atoms with Gasteiger partial charge in [0.15, 0.2) is 0 Å². The minimum absolute atomic E-state index is 0.251. The minimum atomic E-state index is -4.40. The normalized spacial score (nSPS) is 22.2. The van der Waals surface area contributed by atoms with E-state index in [0.29, 0.717) is 5.41 Å². The summed E-state index contributed by atoms with van der Waals surface area (Å²) in [6, 6.07) is 0. The van der Waals surface area contributed by atoms with E-state index in [0.717, 1.165) is 44.9 Å². The van der Waals surface area contributed by atoms with Gasteiger partial charge in [0, 0.05) is 0 Å². The van der Waals surface area contributed by atoms with Crippen LogP contribution in [0, 0.1) is 16.7 Å². The van der Waals surface area contributed by atoms with Crippen molar-refractivity contribution >= 4 is 7.82 Å². The smallest absolute Gasteiger partial charge is 0.303 e. The lowest BCUT2D eigenvalue weighted by molar-refractivity contribution is 0.0423. The van der Waals surface area contributed by atoms with Crippen molar-refractivity contribution in [2.24, 2.45) is 16.7 Å². The molecule has 0 bridgehead atoms. The Morgan fingerprint density at radius 2 is 1.76 bits per heavy atom. The Labute approximate surface area is 129 Å². The van der Waals surface area contributed by atoms with E-state index in [1.54, 1.807) is 0 Å². The Kier molecular flexibility index (Phi) is 6.50. The molecule has 1 fully saturated rings. The highest BCUT2D eigenvalue weighted by Crippen LogP contribution is 2.46. The van der Waals surface area contributed by atoms with Gasteiger partial charge in [-0.15, -0.1) is 0 Å². The van der Waals surface area contributed by atoms with E-state index in [4.69, 9.17) is 14.3 Å². The number of rotatable bonds is 6. The van der Waals surface area contributed by atoms with Crippen LogP contribution in [0.3, 0.4) is 0 Å². The Morgan fingerprint density at radius 3 is 2.19 bits per heavy atom. The quantitative estimate of drug-likeness (QED) is 0.683. The lowest BCUT2D eigenvalue weighted by Gasteiger charge is -2.38. The molecule has 0 aromatic heterocycles. The first kappa shape index (κ1) is 19.2. The Morgan fingerprint density at radius 1 is 1.24 bits per heavy atom. The van der Waals surface area contributed by atoms with Gasteiger partial charge in [0.25, 0.3) is 0 Å². The van der Waals surface area contributed by atoms with Crippen LogP contribution in [0.25, 0.3) is 0 Å². The molecule has 4 nitrogen and oxygen atoms in total. The standard InChI is InChI=1S/C16H33O4P/c1-15(2,3)10-6-7-14(20-21(17,18)19)13-8-11-16(4,5)12-9-13/h13-14H,6-12H2,1-5H3,(H2,17,18,19). The maximum atomic E-state index is 11.2. The van der Waals surface area contributed by atoms with E-state index >= 15 is 0 Å². The third kappa shape index (κ3) is 8.35. The zero-order chi connectivity index (χ0) is 16.3. The van der Waals surface area contributed by atoms with Crippen LogP contribution in [0.15, 0.2) is 0 Å². The molecule has 0 heterocycles. The van der Waals surface area contributed by atoms with Crippen molar-refractivity contribution in [3.8, 4) is 0 Å². The molecule has 1 aliphatic carbocycles. The average molecular weight is 320 g/mol. The number of hydrogen-bond donors (Lipinski definition) is 2. The summed E-state index contributed by atoms with van der Waals surface area (Å²) in [6.45, 7) is 11.1. The maximum absolute atomic E-state index is 11.2. The van der Waals surface area contributed by atoms with E-state index < -0.39 is 7.82 Å². The summed E-state index contributed by atoms with van der Waals surface area (Å²) in [5.74, 6) is 0.283. The molecule has 0 saturated heterocycles. The summed E-state index contributed by atoms with van der Waals surface area (Å²) < 4.78 is 16.4. The second-order valence-electron chi connectivity index (χ2n) is 8.59. The topological polar surface area (TPSA) is 66.8 Å². The second kappa shape index (κ2) is 7.12. The fourth-order valence-corrected chi connectivity index (χ4v) is 3.81. The van der Waals surface area contributed by atoms with Crippen LogP contribution in [0.5, 0.6) is 0 Å². The molecule has 0 spiro atoms. The Bertz CT molecular complexity index is 357. The fraction of sp³-hybridized carbons (Fsp3) is 1.00. The molecule has 0 radical (unpaired) electrons. The zero-order valence-corrected chi connectivity index (χ0v) is 15.2. The van der Waals surface area contributed by atoms with Gasteiger partial charge >= 0.3 is 7.82 Å². The van der Waals surface area contributed by atoms with Crippen molar-refractivity contribution in [1.82, 2.24) is 0 Å². The van der Waals surface area contributed by atoms with Crippen LogP contribution in [0.4, 0.5) is 0 Å². The van der Waals surface area contributed by atoms with Crippen molar-refractivity contribution < 1.29 is 18.9 Å². The van der Waals surface area contributed by atoms with Gasteiger partial charge in [-0.2, -0.15) is 0 Å². The molecule has 1 aliphatic rings. The lowest BCUT2D eigenvalue weighted by Crippen LogP contribution is -2.30. The number of hydrogen-bond acceptors (Lipinski definition) is 2. The Hall–Kier alpha value is 0.110. The van der Waals surface area contributed by atoms with Crippen molar-refractivity contribution in [3.63, 3.8) is 0 Å². The van der Waals surface area contributed by atoms with Gasteiger partial charge < -0.3 is 9.79 Å². The zero-order valence-electron chi connectivity index (χ0n) is 14.3. The third-order valence-electron chi connectivity index (χ3n) is 4.60. The summed E-state index contributed by atoms with van der Waals surface area (Å²) in [5, 5.41) is 0. The van der Waals surface area contributed by atoms with Gasteiger partial charge in [0.2, 0.25) is 0 Å². The van der Waals surface area contributed by atoms with Crippen LogP contribution in [-0.4, -0.2) is 15.9 Å². The monoisotopic (exact) mass is 320 g/mol. The van der Waals surface area contributed by atoms with Gasteiger partial charge in [-0.1, -0.05) is 41.0 Å². The third-order valence-corrected chi connectivity index (χ3v) is 5.14. The van der Waals surface area contributed by atoms with Crippen LogP contribution in [-0.2, 0) is 9.09 Å². The van der Waals surface area contributed by atoms with Crippen molar-refractivity contribution in [3.05, 3.63) is 0 Å². The highest BCUT2D eigenvalue weighted by Gasteiger charge is 2.34. The van der Waals surface area contributed by atoms with Crippen molar-refractivity contribution in [1.29, 1.82) is 0 Å². The fourth-order valence-electron chi connectivity index (χ4n) is 3.18. The lowest BCUT2D eigenvalue weighted by atomic mass is 9.71. The highest BCUT2D eigenvalue weighted by molar-refractivity contribution is 7.46. The van der Waals surface area contributed by atoms with Gasteiger partial charge in [-0.3, -0.25) is 4.52 Å². The summed E-state index contributed by atoms with van der Waals surface area (Å²) in [5.41, 5.74) is 0.607. The molecule has 0 aromatic carbocycles. The molecule has 126 valence electrons. The summed E-state index contributed by atoms with van der Waals surface area (Å²) in [7, 11) is -4.40. The molecule has 2 N–H and O–H groups in total. The van der Waals surface area contributed by atoms with Crippen LogP contribution < -0.4 is 0 Å². The van der Waals surface area contributed by atoms with E-state index in [1.165, 1.54) is 0 Å². The average Bonchev–Trinajstić information content (AvgIpc) is 2.24. The Balaban J connectivity index is 2.59. The largest absolute Gasteiger partial charge is 0.469 e. The number of phosphoric ester groups is 1. The van der Waals surface area contributed by atoms with Crippen molar-refractivity contribution in [2.75, 3.05) is 0 Å². The molecular formula is C16H33O4P. The predicted molar refractivity (Wildman–Crippen MR) is 86.0 cm³/mol. The SMILES string of the molecule is CC(C)(C)CCCC(OP(=O)(O)O)C1CCC(C)(C)CC1. The van der Waals surface area contributed by atoms with Gasteiger partial charge in [0.05, 0.1) is 6.10 Å². The first-order valence-corrected chi connectivity index (χ1v) is 9.65. The van der Waals surface area contributed by atoms with Crippen LogP contribution in [0.2, 0.25) is 0 Å². The highest BCUT2D eigenvalue weighted by atomic mass is 31.2. The van der Waals surface area contributed by atoms with E-state index in [1.807, 2.05) is 0 Å². The minimum Gasteiger partial charge on any atom is -0.303 e. The summed E-state index contributed by atoms with van der Waals surface area (Å²) in [4.78, 5) is 18.3. The first-order chi connectivity index (χ1) is 9.38. The first-order valence-electron chi connectivity index (χ1n) is 8.12. The van der Waals surface area contributed by atoms with Gasteiger partial charge in [0.1, 0.15) is 0 Å². The molecule has 21 heavy (non-hydrogen) atoms.